The minimum absolute atomic E-state index is 0.0223. The summed E-state index contributed by atoms with van der Waals surface area (Å²) in [6, 6.07) is 3.55. The molecule has 1 aromatic rings. The number of benzene rings is 1. The standard InChI is InChI=1S/C13H19FN2O3/c1-9(8-13(2,3)19-4)15-12-6-5-10(16(17)18)7-11(12)14/h5-7,9,15H,8H2,1-4H3. The Bertz CT molecular complexity index is 463. The van der Waals surface area contributed by atoms with Crippen molar-refractivity contribution in [1.29, 1.82) is 0 Å². The highest BCUT2D eigenvalue weighted by Gasteiger charge is 2.21. The number of nitrogens with zero attached hydrogens (tertiary/aromatic N) is 1. The number of methoxy groups -OCH3 is 1. The van der Waals surface area contributed by atoms with Gasteiger partial charge in [0.2, 0.25) is 0 Å². The zero-order valence-electron chi connectivity index (χ0n) is 11.6. The number of nitro groups is 1. The first-order valence-corrected chi connectivity index (χ1v) is 6.01. The summed E-state index contributed by atoms with van der Waals surface area (Å²) >= 11 is 0. The number of halogens is 1. The number of non-ortho nitro benzene ring substituents is 1. The molecule has 1 aromatic carbocycles. The molecule has 0 aliphatic heterocycles. The SMILES string of the molecule is COC(C)(C)CC(C)Nc1ccc([N+](=O)[O-])cc1F. The van der Waals surface area contributed by atoms with Crippen LogP contribution in [0.2, 0.25) is 0 Å². The van der Waals surface area contributed by atoms with Crippen LogP contribution in [0.4, 0.5) is 15.8 Å². The van der Waals surface area contributed by atoms with Gasteiger partial charge in [0.1, 0.15) is 0 Å². The van der Waals surface area contributed by atoms with Crippen LogP contribution in [0, 0.1) is 15.9 Å². The molecule has 0 amide bonds. The lowest BCUT2D eigenvalue weighted by Crippen LogP contribution is -2.31. The fraction of sp³-hybridized carbons (Fsp3) is 0.538. The Labute approximate surface area is 111 Å². The number of rotatable bonds is 6. The van der Waals surface area contributed by atoms with Gasteiger partial charge in [0.25, 0.3) is 5.69 Å². The van der Waals surface area contributed by atoms with Crippen molar-refractivity contribution in [2.75, 3.05) is 12.4 Å². The van der Waals surface area contributed by atoms with Crippen molar-refractivity contribution >= 4 is 11.4 Å². The van der Waals surface area contributed by atoms with Gasteiger partial charge in [-0.25, -0.2) is 4.39 Å². The summed E-state index contributed by atoms with van der Waals surface area (Å²) in [5, 5.41) is 13.5. The highest BCUT2D eigenvalue weighted by atomic mass is 19.1. The first-order chi connectivity index (χ1) is 8.75. The third kappa shape index (κ3) is 4.48. The third-order valence-electron chi connectivity index (χ3n) is 2.92. The number of nitro benzene ring substituents is 1. The van der Waals surface area contributed by atoms with E-state index in [2.05, 4.69) is 5.32 Å². The molecule has 0 aromatic heterocycles. The zero-order chi connectivity index (χ0) is 14.6. The fourth-order valence-electron chi connectivity index (χ4n) is 1.87. The van der Waals surface area contributed by atoms with Crippen LogP contribution >= 0.6 is 0 Å². The number of anilines is 1. The highest BCUT2D eigenvalue weighted by molar-refractivity contribution is 5.50. The van der Waals surface area contributed by atoms with E-state index in [9.17, 15) is 14.5 Å². The van der Waals surface area contributed by atoms with Crippen LogP contribution in [-0.2, 0) is 4.74 Å². The second-order valence-corrected chi connectivity index (χ2v) is 5.13. The van der Waals surface area contributed by atoms with Crippen molar-refractivity contribution < 1.29 is 14.1 Å². The van der Waals surface area contributed by atoms with Crippen LogP contribution in [-0.4, -0.2) is 23.7 Å². The first kappa shape index (κ1) is 15.4. The van der Waals surface area contributed by atoms with Gasteiger partial charge in [-0.3, -0.25) is 10.1 Å². The van der Waals surface area contributed by atoms with E-state index in [1.54, 1.807) is 7.11 Å². The topological polar surface area (TPSA) is 64.4 Å². The Morgan fingerprint density at radius 3 is 2.63 bits per heavy atom. The van der Waals surface area contributed by atoms with E-state index >= 15 is 0 Å². The molecule has 0 aliphatic rings. The Balaban J connectivity index is 2.75. The highest BCUT2D eigenvalue weighted by Crippen LogP contribution is 2.23. The van der Waals surface area contributed by atoms with E-state index < -0.39 is 10.7 Å². The van der Waals surface area contributed by atoms with Crippen molar-refractivity contribution in [2.24, 2.45) is 0 Å². The van der Waals surface area contributed by atoms with Gasteiger partial charge in [0.15, 0.2) is 5.82 Å². The van der Waals surface area contributed by atoms with Crippen LogP contribution in [0.25, 0.3) is 0 Å². The zero-order valence-corrected chi connectivity index (χ0v) is 11.6. The van der Waals surface area contributed by atoms with Crippen molar-refractivity contribution in [1.82, 2.24) is 0 Å². The predicted molar refractivity (Wildman–Crippen MR) is 71.8 cm³/mol. The van der Waals surface area contributed by atoms with E-state index in [0.717, 1.165) is 6.07 Å². The first-order valence-electron chi connectivity index (χ1n) is 6.01. The molecule has 5 nitrogen and oxygen atoms in total. The van der Waals surface area contributed by atoms with E-state index in [4.69, 9.17) is 4.74 Å². The molecule has 0 heterocycles. The lowest BCUT2D eigenvalue weighted by Gasteiger charge is -2.27. The van der Waals surface area contributed by atoms with Crippen LogP contribution in [0.3, 0.4) is 0 Å². The second kappa shape index (κ2) is 5.97. The summed E-state index contributed by atoms with van der Waals surface area (Å²) in [5.41, 5.74) is -0.318. The lowest BCUT2D eigenvalue weighted by molar-refractivity contribution is -0.385. The van der Waals surface area contributed by atoms with Crippen LogP contribution in [0.1, 0.15) is 27.2 Å². The van der Waals surface area contributed by atoms with Crippen molar-refractivity contribution in [3.8, 4) is 0 Å². The van der Waals surface area contributed by atoms with E-state index in [1.807, 2.05) is 20.8 Å². The summed E-state index contributed by atoms with van der Waals surface area (Å²) < 4.78 is 19.0. The molecular formula is C13H19FN2O3. The predicted octanol–water partition coefficient (Wildman–Crippen LogP) is 3.35. The van der Waals surface area contributed by atoms with Gasteiger partial charge < -0.3 is 10.1 Å². The maximum atomic E-state index is 13.7. The third-order valence-corrected chi connectivity index (χ3v) is 2.92. The maximum Gasteiger partial charge on any atom is 0.272 e. The molecule has 0 radical (unpaired) electrons. The molecule has 1 atom stereocenters. The Morgan fingerprint density at radius 1 is 1.53 bits per heavy atom. The van der Waals surface area contributed by atoms with E-state index in [-0.39, 0.29) is 23.0 Å². The normalized spacial score (nSPS) is 13.1. The minimum Gasteiger partial charge on any atom is -0.380 e. The second-order valence-electron chi connectivity index (χ2n) is 5.13. The van der Waals surface area contributed by atoms with Gasteiger partial charge in [-0.15, -0.1) is 0 Å². The molecule has 0 saturated carbocycles. The molecule has 1 unspecified atom stereocenters. The summed E-state index contributed by atoms with van der Waals surface area (Å²) in [7, 11) is 1.62. The monoisotopic (exact) mass is 270 g/mol. The molecule has 0 aliphatic carbocycles. The van der Waals surface area contributed by atoms with Crippen LogP contribution < -0.4 is 5.32 Å². The number of nitrogens with one attached hydrogen (secondary N) is 1. The summed E-state index contributed by atoms with van der Waals surface area (Å²) in [5.74, 6) is -0.628. The Kier molecular flexibility index (Phi) is 4.83. The van der Waals surface area contributed by atoms with Crippen molar-refractivity contribution in [3.63, 3.8) is 0 Å². The molecule has 19 heavy (non-hydrogen) atoms. The molecule has 0 fully saturated rings. The molecule has 6 heteroatoms. The average molecular weight is 270 g/mol. The average Bonchev–Trinajstić information content (AvgIpc) is 2.30. The maximum absolute atomic E-state index is 13.7. The summed E-state index contributed by atoms with van der Waals surface area (Å²) in [6.07, 6.45) is 0.680. The molecule has 106 valence electrons. The molecule has 0 bridgehead atoms. The molecule has 0 saturated heterocycles. The van der Waals surface area contributed by atoms with Gasteiger partial charge in [-0.1, -0.05) is 0 Å². The Morgan fingerprint density at radius 2 is 2.16 bits per heavy atom. The van der Waals surface area contributed by atoms with Gasteiger partial charge in [0, 0.05) is 19.2 Å². The lowest BCUT2D eigenvalue weighted by atomic mass is 9.99. The Hall–Kier alpha value is -1.69. The van der Waals surface area contributed by atoms with E-state index in [0.29, 0.717) is 6.42 Å². The number of hydrogen-bond acceptors (Lipinski definition) is 4. The summed E-state index contributed by atoms with van der Waals surface area (Å²) in [4.78, 5) is 9.89. The number of ether oxygens (including phenoxy) is 1. The van der Waals surface area contributed by atoms with Crippen LogP contribution in [0.15, 0.2) is 18.2 Å². The molecule has 0 spiro atoms. The van der Waals surface area contributed by atoms with Crippen molar-refractivity contribution in [3.05, 3.63) is 34.1 Å². The van der Waals surface area contributed by atoms with Gasteiger partial charge >= 0.3 is 0 Å². The van der Waals surface area contributed by atoms with Crippen LogP contribution in [0.5, 0.6) is 0 Å². The smallest absolute Gasteiger partial charge is 0.272 e. The molecular weight excluding hydrogens is 251 g/mol. The number of hydrogen-bond donors (Lipinski definition) is 1. The summed E-state index contributed by atoms with van der Waals surface area (Å²) in [6.45, 7) is 5.79. The fourth-order valence-corrected chi connectivity index (χ4v) is 1.87. The quantitative estimate of drug-likeness (QED) is 0.636. The van der Waals surface area contributed by atoms with E-state index in [1.165, 1.54) is 12.1 Å². The minimum atomic E-state index is -0.628. The molecule has 1 rings (SSSR count). The van der Waals surface area contributed by atoms with Gasteiger partial charge in [-0.2, -0.15) is 0 Å². The van der Waals surface area contributed by atoms with Gasteiger partial charge in [0.05, 0.1) is 22.3 Å². The largest absolute Gasteiger partial charge is 0.380 e. The van der Waals surface area contributed by atoms with Crippen molar-refractivity contribution in [2.45, 2.75) is 38.8 Å². The van der Waals surface area contributed by atoms with Gasteiger partial charge in [-0.05, 0) is 33.3 Å². The molecule has 1 N–H and O–H groups in total.